The number of carbonyl (C=O) groups excluding carboxylic acids is 3. The number of rotatable bonds is 3. The predicted molar refractivity (Wildman–Crippen MR) is 64.6 cm³/mol. The Morgan fingerprint density at radius 3 is 2.50 bits per heavy atom. The van der Waals surface area contributed by atoms with Crippen LogP contribution in [-0.4, -0.2) is 35.5 Å². The molecule has 18 heavy (non-hydrogen) atoms. The summed E-state index contributed by atoms with van der Waals surface area (Å²) in [6.45, 7) is 6.84. The molecule has 0 spiro atoms. The minimum Gasteiger partial charge on any atom is -0.458 e. The highest BCUT2D eigenvalue weighted by Gasteiger charge is 2.30. The molecule has 102 valence electrons. The van der Waals surface area contributed by atoms with Gasteiger partial charge in [0.15, 0.2) is 0 Å². The van der Waals surface area contributed by atoms with E-state index in [2.05, 4.69) is 10.6 Å². The first kappa shape index (κ1) is 14.5. The van der Waals surface area contributed by atoms with E-state index in [1.807, 2.05) is 0 Å². The third-order valence-corrected chi connectivity index (χ3v) is 2.43. The van der Waals surface area contributed by atoms with Crippen LogP contribution in [0.25, 0.3) is 0 Å². The van der Waals surface area contributed by atoms with E-state index in [-0.39, 0.29) is 11.8 Å². The lowest BCUT2D eigenvalue weighted by Gasteiger charge is -2.23. The van der Waals surface area contributed by atoms with E-state index in [0.717, 1.165) is 0 Å². The van der Waals surface area contributed by atoms with E-state index >= 15 is 0 Å². The van der Waals surface area contributed by atoms with Crippen LogP contribution in [0.2, 0.25) is 0 Å². The molecule has 0 radical (unpaired) electrons. The smallest absolute Gasteiger partial charge is 0.328 e. The Kier molecular flexibility index (Phi) is 4.32. The van der Waals surface area contributed by atoms with E-state index in [0.29, 0.717) is 12.8 Å². The minimum absolute atomic E-state index is 0.139. The monoisotopic (exact) mass is 256 g/mol. The lowest BCUT2D eigenvalue weighted by Crippen LogP contribution is -2.48. The lowest BCUT2D eigenvalue weighted by molar-refractivity contribution is -0.158. The first-order chi connectivity index (χ1) is 8.19. The zero-order valence-electron chi connectivity index (χ0n) is 11.2. The van der Waals surface area contributed by atoms with Gasteiger partial charge in [-0.3, -0.25) is 9.59 Å². The molecule has 0 aromatic heterocycles. The summed E-state index contributed by atoms with van der Waals surface area (Å²) in [7, 11) is 0. The minimum atomic E-state index is -0.728. The second-order valence-electron chi connectivity index (χ2n) is 5.42. The van der Waals surface area contributed by atoms with Crippen molar-refractivity contribution in [3.05, 3.63) is 0 Å². The van der Waals surface area contributed by atoms with Crippen molar-refractivity contribution in [1.82, 2.24) is 10.6 Å². The average Bonchev–Trinajstić information content (AvgIpc) is 2.62. The molecule has 0 bridgehead atoms. The number of ether oxygens (including phenoxy) is 1. The number of carbonyl (C=O) groups is 3. The molecule has 1 rings (SSSR count). The molecule has 6 heteroatoms. The molecular weight excluding hydrogens is 236 g/mol. The van der Waals surface area contributed by atoms with E-state index < -0.39 is 23.7 Å². The van der Waals surface area contributed by atoms with Gasteiger partial charge in [0.05, 0.1) is 0 Å². The van der Waals surface area contributed by atoms with Gasteiger partial charge >= 0.3 is 5.97 Å². The Balaban J connectivity index is 2.44. The third kappa shape index (κ3) is 4.35. The number of hydrogen-bond donors (Lipinski definition) is 2. The first-order valence-electron chi connectivity index (χ1n) is 6.01. The lowest BCUT2D eigenvalue weighted by atomic mass is 10.2. The number of amides is 2. The Labute approximate surface area is 106 Å². The molecule has 1 aliphatic heterocycles. The van der Waals surface area contributed by atoms with Gasteiger partial charge in [0.1, 0.15) is 17.7 Å². The van der Waals surface area contributed by atoms with Gasteiger partial charge in [-0.25, -0.2) is 4.79 Å². The first-order valence-corrected chi connectivity index (χ1v) is 6.01. The molecule has 6 nitrogen and oxygen atoms in total. The Morgan fingerprint density at radius 2 is 2.06 bits per heavy atom. The van der Waals surface area contributed by atoms with Crippen LogP contribution in [0.15, 0.2) is 0 Å². The molecule has 1 aliphatic rings. The summed E-state index contributed by atoms with van der Waals surface area (Å²) in [6.07, 6.45) is 0.810. The summed E-state index contributed by atoms with van der Waals surface area (Å²) in [5, 5.41) is 5.08. The van der Waals surface area contributed by atoms with Crippen molar-refractivity contribution < 1.29 is 19.1 Å². The number of esters is 1. The van der Waals surface area contributed by atoms with Crippen LogP contribution in [0.3, 0.4) is 0 Å². The van der Waals surface area contributed by atoms with Crippen molar-refractivity contribution in [2.45, 2.75) is 58.2 Å². The Hall–Kier alpha value is -1.59. The molecule has 0 aromatic rings. The summed E-state index contributed by atoms with van der Waals surface area (Å²) >= 11 is 0. The molecule has 0 aliphatic carbocycles. The van der Waals surface area contributed by atoms with Gasteiger partial charge in [-0.05, 0) is 34.1 Å². The van der Waals surface area contributed by atoms with E-state index in [1.165, 1.54) is 0 Å². The van der Waals surface area contributed by atoms with Crippen LogP contribution in [0.1, 0.15) is 40.5 Å². The van der Waals surface area contributed by atoms with E-state index in [1.54, 1.807) is 27.7 Å². The van der Waals surface area contributed by atoms with Gasteiger partial charge in [-0.15, -0.1) is 0 Å². The van der Waals surface area contributed by atoms with Gasteiger partial charge in [-0.1, -0.05) is 0 Å². The van der Waals surface area contributed by atoms with Crippen molar-refractivity contribution in [3.63, 3.8) is 0 Å². The third-order valence-electron chi connectivity index (χ3n) is 2.43. The highest BCUT2D eigenvalue weighted by atomic mass is 16.6. The largest absolute Gasteiger partial charge is 0.458 e. The van der Waals surface area contributed by atoms with Crippen LogP contribution < -0.4 is 10.6 Å². The topological polar surface area (TPSA) is 84.5 Å². The van der Waals surface area contributed by atoms with Crippen molar-refractivity contribution >= 4 is 17.8 Å². The number of nitrogens with one attached hydrogen (secondary N) is 2. The Morgan fingerprint density at radius 1 is 1.44 bits per heavy atom. The molecule has 0 saturated carbocycles. The molecular formula is C12H20N2O4. The summed E-state index contributed by atoms with van der Waals surface area (Å²) in [4.78, 5) is 34.4. The van der Waals surface area contributed by atoms with Gasteiger partial charge in [0, 0.05) is 6.42 Å². The van der Waals surface area contributed by atoms with Gasteiger partial charge in [0.2, 0.25) is 11.8 Å². The number of hydrogen-bond acceptors (Lipinski definition) is 4. The van der Waals surface area contributed by atoms with E-state index in [4.69, 9.17) is 4.74 Å². The van der Waals surface area contributed by atoms with Crippen LogP contribution in [0.4, 0.5) is 0 Å². The van der Waals surface area contributed by atoms with E-state index in [9.17, 15) is 14.4 Å². The standard InChI is InChI=1S/C12H20N2O4/c1-7(11(17)18-12(2,3)4)13-10(16)8-5-6-9(15)14-8/h7-8H,5-6H2,1-4H3,(H,13,16)(H,14,15)/t7-,8?/m1/s1. The summed E-state index contributed by atoms with van der Waals surface area (Å²) in [5.41, 5.74) is -0.586. The molecule has 1 heterocycles. The fourth-order valence-electron chi connectivity index (χ4n) is 1.57. The maximum Gasteiger partial charge on any atom is 0.328 e. The van der Waals surface area contributed by atoms with Crippen LogP contribution in [-0.2, 0) is 19.1 Å². The van der Waals surface area contributed by atoms with Crippen LogP contribution >= 0.6 is 0 Å². The molecule has 1 fully saturated rings. The summed E-state index contributed by atoms with van der Waals surface area (Å²) < 4.78 is 5.14. The maximum atomic E-state index is 11.7. The van der Waals surface area contributed by atoms with Gasteiger partial charge < -0.3 is 15.4 Å². The Bertz CT molecular complexity index is 360. The maximum absolute atomic E-state index is 11.7. The van der Waals surface area contributed by atoms with Crippen molar-refractivity contribution in [1.29, 1.82) is 0 Å². The predicted octanol–water partition coefficient (Wildman–Crippen LogP) is 0.111. The van der Waals surface area contributed by atoms with Crippen LogP contribution in [0.5, 0.6) is 0 Å². The zero-order chi connectivity index (χ0) is 13.9. The van der Waals surface area contributed by atoms with Gasteiger partial charge in [-0.2, -0.15) is 0 Å². The van der Waals surface area contributed by atoms with Crippen molar-refractivity contribution in [2.75, 3.05) is 0 Å². The molecule has 2 amide bonds. The average molecular weight is 256 g/mol. The normalized spacial score (nSPS) is 21.1. The quantitative estimate of drug-likeness (QED) is 0.702. The zero-order valence-corrected chi connectivity index (χ0v) is 11.2. The van der Waals surface area contributed by atoms with Crippen molar-refractivity contribution in [3.8, 4) is 0 Å². The molecule has 0 aromatic carbocycles. The molecule has 2 N–H and O–H groups in total. The fraction of sp³-hybridized carbons (Fsp3) is 0.750. The summed E-state index contributed by atoms with van der Waals surface area (Å²) in [5.74, 6) is -0.973. The summed E-state index contributed by atoms with van der Waals surface area (Å²) in [6, 6.07) is -1.27. The SMILES string of the molecule is C[C@@H](NC(=O)C1CCC(=O)N1)C(=O)OC(C)(C)C. The van der Waals surface area contributed by atoms with Crippen molar-refractivity contribution in [2.24, 2.45) is 0 Å². The van der Waals surface area contributed by atoms with Gasteiger partial charge in [0.25, 0.3) is 0 Å². The second-order valence-corrected chi connectivity index (χ2v) is 5.42. The molecule has 2 atom stereocenters. The molecule has 1 unspecified atom stereocenters. The highest BCUT2D eigenvalue weighted by molar-refractivity contribution is 5.92. The molecule has 1 saturated heterocycles. The highest BCUT2D eigenvalue weighted by Crippen LogP contribution is 2.09. The fourth-order valence-corrected chi connectivity index (χ4v) is 1.57. The second kappa shape index (κ2) is 5.37. The van der Waals surface area contributed by atoms with Crippen LogP contribution in [0, 0.1) is 0 Å².